The minimum atomic E-state index is -0.341. The van der Waals surface area contributed by atoms with Crippen molar-refractivity contribution >= 4 is 11.8 Å². The van der Waals surface area contributed by atoms with Gasteiger partial charge in [-0.2, -0.15) is 0 Å². The van der Waals surface area contributed by atoms with Gasteiger partial charge in [0.15, 0.2) is 5.78 Å². The summed E-state index contributed by atoms with van der Waals surface area (Å²) < 4.78 is 5.99. The molecule has 0 aromatic carbocycles. The van der Waals surface area contributed by atoms with E-state index in [1.54, 1.807) is 6.08 Å². The molecule has 7 atom stereocenters. The second-order valence-corrected chi connectivity index (χ2v) is 10.5. The molecule has 1 heterocycles. The van der Waals surface area contributed by atoms with Crippen LogP contribution >= 0.6 is 0 Å². The molecule has 5 aliphatic carbocycles. The van der Waals surface area contributed by atoms with Crippen molar-refractivity contribution in [2.45, 2.75) is 70.3 Å². The van der Waals surface area contributed by atoms with Crippen molar-refractivity contribution in [1.29, 1.82) is 0 Å². The number of ether oxygens (including phenoxy) is 1. The number of rotatable bonds is 1. The van der Waals surface area contributed by atoms with Gasteiger partial charge in [-0.25, -0.2) is 4.79 Å². The molecule has 4 saturated carbocycles. The fraction of sp³-hybridized carbons (Fsp3) is 0.750. The Bertz CT molecular complexity index is 774. The molecule has 27 heavy (non-hydrogen) atoms. The summed E-state index contributed by atoms with van der Waals surface area (Å²) in [7, 11) is 0. The van der Waals surface area contributed by atoms with Gasteiger partial charge in [-0.15, -0.1) is 0 Å². The maximum absolute atomic E-state index is 12.1. The summed E-state index contributed by atoms with van der Waals surface area (Å²) in [6.45, 7) is 2.42. The molecule has 0 aromatic heterocycles. The average molecular weight is 367 g/mol. The summed E-state index contributed by atoms with van der Waals surface area (Å²) in [4.78, 5) is 24.0. The van der Waals surface area contributed by atoms with Gasteiger partial charge in [0.25, 0.3) is 0 Å². The van der Waals surface area contributed by atoms with E-state index in [4.69, 9.17) is 4.74 Å². The Balaban J connectivity index is 1.40. The molecule has 6 rings (SSSR count). The topological polar surface area (TPSA) is 43.4 Å². The van der Waals surface area contributed by atoms with E-state index in [2.05, 4.69) is 13.0 Å². The third kappa shape index (κ3) is 2.15. The highest BCUT2D eigenvalue weighted by Crippen LogP contribution is 2.69. The summed E-state index contributed by atoms with van der Waals surface area (Å²) in [6.07, 6.45) is 16.2. The lowest BCUT2D eigenvalue weighted by Crippen LogP contribution is -2.54. The van der Waals surface area contributed by atoms with Crippen LogP contribution in [0.2, 0.25) is 0 Å². The van der Waals surface area contributed by atoms with E-state index in [1.165, 1.54) is 31.3 Å². The second kappa shape index (κ2) is 5.36. The molecule has 3 unspecified atom stereocenters. The van der Waals surface area contributed by atoms with Gasteiger partial charge in [0.2, 0.25) is 0 Å². The van der Waals surface area contributed by atoms with E-state index in [9.17, 15) is 9.59 Å². The van der Waals surface area contributed by atoms with Crippen LogP contribution in [0.1, 0.15) is 64.7 Å². The van der Waals surface area contributed by atoms with Crippen molar-refractivity contribution < 1.29 is 14.3 Å². The molecule has 0 radical (unpaired) electrons. The molecule has 3 heteroatoms. The Hall–Kier alpha value is -1.38. The van der Waals surface area contributed by atoms with Crippen LogP contribution < -0.4 is 0 Å². The van der Waals surface area contributed by atoms with Gasteiger partial charge >= 0.3 is 5.97 Å². The van der Waals surface area contributed by atoms with Gasteiger partial charge in [0, 0.05) is 17.9 Å². The molecule has 6 aliphatic rings. The predicted octanol–water partition coefficient (Wildman–Crippen LogP) is 4.62. The number of esters is 1. The Morgan fingerprint density at radius 3 is 2.63 bits per heavy atom. The largest absolute Gasteiger partial charge is 0.451 e. The molecule has 144 valence electrons. The Morgan fingerprint density at radius 2 is 1.89 bits per heavy atom. The lowest BCUT2D eigenvalue weighted by molar-refractivity contribution is -0.163. The van der Waals surface area contributed by atoms with Gasteiger partial charge in [0.05, 0.1) is 0 Å². The molecule has 0 N–H and O–H groups in total. The van der Waals surface area contributed by atoms with Crippen LogP contribution in [0.25, 0.3) is 0 Å². The van der Waals surface area contributed by atoms with E-state index >= 15 is 0 Å². The first-order valence-electron chi connectivity index (χ1n) is 11.2. The van der Waals surface area contributed by atoms with E-state index in [0.29, 0.717) is 17.6 Å². The van der Waals surface area contributed by atoms with Gasteiger partial charge in [0.1, 0.15) is 5.60 Å². The van der Waals surface area contributed by atoms with Crippen LogP contribution in [0.3, 0.4) is 0 Å². The van der Waals surface area contributed by atoms with Crippen molar-refractivity contribution in [2.75, 3.05) is 0 Å². The summed E-state index contributed by atoms with van der Waals surface area (Å²) in [5.41, 5.74) is 1.25. The molecule has 3 nitrogen and oxygen atoms in total. The molecule has 0 bridgehead atoms. The molecule has 0 amide bonds. The zero-order chi connectivity index (χ0) is 18.4. The number of carbonyl (C=O) groups excluding carboxylic acids is 2. The monoisotopic (exact) mass is 366 g/mol. The number of hydrogen-bond donors (Lipinski definition) is 0. The Kier molecular flexibility index (Phi) is 3.29. The van der Waals surface area contributed by atoms with Crippen molar-refractivity contribution in [3.63, 3.8) is 0 Å². The van der Waals surface area contributed by atoms with E-state index in [-0.39, 0.29) is 17.0 Å². The quantitative estimate of drug-likeness (QED) is 0.636. The highest BCUT2D eigenvalue weighted by Gasteiger charge is 2.66. The van der Waals surface area contributed by atoms with Crippen molar-refractivity contribution in [2.24, 2.45) is 40.9 Å². The van der Waals surface area contributed by atoms with Gasteiger partial charge < -0.3 is 4.74 Å². The summed E-state index contributed by atoms with van der Waals surface area (Å²) in [5.74, 6) is 4.66. The third-order valence-corrected chi connectivity index (χ3v) is 9.57. The maximum Gasteiger partial charge on any atom is 0.331 e. The van der Waals surface area contributed by atoms with Crippen LogP contribution in [0.5, 0.6) is 0 Å². The van der Waals surface area contributed by atoms with Gasteiger partial charge in [-0.1, -0.05) is 12.5 Å². The van der Waals surface area contributed by atoms with Crippen molar-refractivity contribution in [1.82, 2.24) is 0 Å². The van der Waals surface area contributed by atoms with Crippen LogP contribution in [-0.2, 0) is 14.3 Å². The molecule has 0 aromatic rings. The first kappa shape index (κ1) is 16.6. The Morgan fingerprint density at radius 1 is 1.04 bits per heavy atom. The third-order valence-electron chi connectivity index (χ3n) is 9.57. The first-order chi connectivity index (χ1) is 13.0. The number of allylic oxidation sites excluding steroid dienone is 1. The van der Waals surface area contributed by atoms with E-state index in [0.717, 1.165) is 55.8 Å². The van der Waals surface area contributed by atoms with Crippen LogP contribution in [0.4, 0.5) is 0 Å². The highest BCUT2D eigenvalue weighted by molar-refractivity contribution is 5.91. The van der Waals surface area contributed by atoms with Crippen LogP contribution in [-0.4, -0.2) is 17.4 Å². The minimum absolute atomic E-state index is 0.0929. The van der Waals surface area contributed by atoms with Crippen LogP contribution in [0, 0.1) is 40.9 Å². The first-order valence-corrected chi connectivity index (χ1v) is 11.2. The van der Waals surface area contributed by atoms with E-state index < -0.39 is 0 Å². The zero-order valence-electron chi connectivity index (χ0n) is 16.3. The smallest absolute Gasteiger partial charge is 0.331 e. The number of fused-ring (bicyclic) bond motifs is 6. The van der Waals surface area contributed by atoms with Gasteiger partial charge in [-0.05, 0) is 99.0 Å². The SMILES string of the molecule is C[C@]12CCC3C(C1CC[C@@]21C=CC(=O)O1)[C@@H](C1CC1)CC1=CC(=O)CC[C@@H]13. The average Bonchev–Trinajstić information content (AvgIpc) is 3.36. The lowest BCUT2D eigenvalue weighted by Gasteiger charge is -2.58. The minimum Gasteiger partial charge on any atom is -0.451 e. The number of hydrogen-bond acceptors (Lipinski definition) is 3. The van der Waals surface area contributed by atoms with E-state index in [1.807, 2.05) is 6.08 Å². The second-order valence-electron chi connectivity index (χ2n) is 10.5. The number of ketones is 1. The fourth-order valence-corrected chi connectivity index (χ4v) is 8.22. The fourth-order valence-electron chi connectivity index (χ4n) is 8.22. The summed E-state index contributed by atoms with van der Waals surface area (Å²) in [6, 6.07) is 0. The Labute approximate surface area is 161 Å². The molecule has 1 spiro atoms. The van der Waals surface area contributed by atoms with Crippen molar-refractivity contribution in [3.8, 4) is 0 Å². The molecule has 0 saturated heterocycles. The normalized spacial score (nSPS) is 50.9. The number of carbonyl (C=O) groups is 2. The zero-order valence-corrected chi connectivity index (χ0v) is 16.3. The van der Waals surface area contributed by atoms with Gasteiger partial charge in [-0.3, -0.25) is 4.79 Å². The molecular formula is C24H30O3. The summed E-state index contributed by atoms with van der Waals surface area (Å²) >= 11 is 0. The summed E-state index contributed by atoms with van der Waals surface area (Å²) in [5, 5.41) is 0. The predicted molar refractivity (Wildman–Crippen MR) is 102 cm³/mol. The standard InChI is InChI=1S/C24H30O3/c1-23-9-6-18-17-5-4-16(25)12-15(17)13-19(14-2-3-14)22(18)20(23)7-10-24(23)11-8-21(26)27-24/h8,11-12,14,17-20,22H,2-7,9-10,13H2,1H3/t17-,18?,19+,20?,22?,23-,24+/m0/s1. The lowest BCUT2D eigenvalue weighted by atomic mass is 9.47. The van der Waals surface area contributed by atoms with Crippen molar-refractivity contribution in [3.05, 3.63) is 23.8 Å². The van der Waals surface area contributed by atoms with Crippen LogP contribution in [0.15, 0.2) is 23.8 Å². The molecular weight excluding hydrogens is 336 g/mol. The molecule has 1 aliphatic heterocycles. The maximum atomic E-state index is 12.1. The molecule has 4 fully saturated rings. The highest BCUT2D eigenvalue weighted by atomic mass is 16.6.